The lowest BCUT2D eigenvalue weighted by atomic mass is 10.0. The lowest BCUT2D eigenvalue weighted by molar-refractivity contribution is 0.0910. The molecular weight excluding hydrogens is 334 g/mol. The van der Waals surface area contributed by atoms with Gasteiger partial charge in [-0.3, -0.25) is 9.89 Å². The van der Waals surface area contributed by atoms with Gasteiger partial charge in [-0.15, -0.1) is 0 Å². The van der Waals surface area contributed by atoms with Gasteiger partial charge in [0.1, 0.15) is 6.33 Å². The van der Waals surface area contributed by atoms with E-state index in [9.17, 15) is 4.79 Å². The number of likely N-dealkylation sites (tertiary alicyclic amines) is 1. The molecule has 134 valence electrons. The first kappa shape index (κ1) is 17.9. The predicted octanol–water partition coefficient (Wildman–Crippen LogP) is 2.70. The largest absolute Gasteiger partial charge is 0.349 e. The van der Waals surface area contributed by atoms with Gasteiger partial charge in [-0.2, -0.15) is 5.10 Å². The normalized spacial score (nSPS) is 16.0. The summed E-state index contributed by atoms with van der Waals surface area (Å²) in [6.45, 7) is 5.51. The molecule has 25 heavy (non-hydrogen) atoms. The van der Waals surface area contributed by atoms with Crippen molar-refractivity contribution in [3.05, 3.63) is 41.7 Å². The molecule has 0 unspecified atom stereocenters. The number of hydrogen-bond acceptors (Lipinski definition) is 5. The minimum atomic E-state index is 0.0303. The van der Waals surface area contributed by atoms with Crippen LogP contribution < -0.4 is 5.32 Å². The molecule has 1 aliphatic heterocycles. The number of H-pyrrole nitrogens is 1. The van der Waals surface area contributed by atoms with E-state index in [2.05, 4.69) is 32.3 Å². The number of nitrogens with zero attached hydrogens (tertiary/aromatic N) is 3. The molecule has 2 N–H and O–H groups in total. The summed E-state index contributed by atoms with van der Waals surface area (Å²) in [5.41, 5.74) is 1.77. The number of benzene rings is 1. The summed E-state index contributed by atoms with van der Waals surface area (Å²) in [4.78, 5) is 19.3. The van der Waals surface area contributed by atoms with Crippen molar-refractivity contribution in [2.45, 2.75) is 43.1 Å². The molecule has 0 spiro atoms. The number of piperidine rings is 1. The van der Waals surface area contributed by atoms with Crippen LogP contribution in [0.3, 0.4) is 0 Å². The van der Waals surface area contributed by atoms with Gasteiger partial charge in [-0.1, -0.05) is 36.9 Å². The molecule has 1 fully saturated rings. The topological polar surface area (TPSA) is 73.9 Å². The summed E-state index contributed by atoms with van der Waals surface area (Å²) in [6.07, 6.45) is 4.74. The Morgan fingerprint density at radius 3 is 2.88 bits per heavy atom. The van der Waals surface area contributed by atoms with Crippen molar-refractivity contribution in [3.8, 4) is 0 Å². The molecule has 0 saturated carbocycles. The van der Waals surface area contributed by atoms with Gasteiger partial charge in [0, 0.05) is 30.4 Å². The van der Waals surface area contributed by atoms with Crippen molar-refractivity contribution in [2.75, 3.05) is 19.6 Å². The van der Waals surface area contributed by atoms with E-state index in [1.54, 1.807) is 11.8 Å². The second-order valence-electron chi connectivity index (χ2n) is 6.33. The van der Waals surface area contributed by atoms with E-state index in [0.717, 1.165) is 48.8 Å². The molecule has 0 bridgehead atoms. The lowest BCUT2D eigenvalue weighted by Crippen LogP contribution is -2.44. The first-order valence-corrected chi connectivity index (χ1v) is 9.84. The van der Waals surface area contributed by atoms with Crippen molar-refractivity contribution in [2.24, 2.45) is 0 Å². The molecular formula is C18H25N5OS. The number of carbonyl (C=O) groups is 1. The van der Waals surface area contributed by atoms with E-state index in [-0.39, 0.29) is 11.9 Å². The van der Waals surface area contributed by atoms with Gasteiger partial charge in [0.15, 0.2) is 5.16 Å². The molecule has 1 aliphatic rings. The van der Waals surface area contributed by atoms with Gasteiger partial charge < -0.3 is 10.2 Å². The fourth-order valence-electron chi connectivity index (χ4n) is 3.16. The molecule has 7 heteroatoms. The maximum atomic E-state index is 12.7. The smallest absolute Gasteiger partial charge is 0.251 e. The molecule has 2 aromatic rings. The summed E-state index contributed by atoms with van der Waals surface area (Å²) in [5.74, 6) is 0.719. The van der Waals surface area contributed by atoms with Crippen molar-refractivity contribution in [3.63, 3.8) is 0 Å². The Labute approximate surface area is 152 Å². The number of carbonyl (C=O) groups excluding carboxylic acids is 1. The van der Waals surface area contributed by atoms with Crippen molar-refractivity contribution < 1.29 is 4.79 Å². The summed E-state index contributed by atoms with van der Waals surface area (Å²) in [7, 11) is 0. The zero-order chi connectivity index (χ0) is 17.5. The molecule has 1 amide bonds. The Morgan fingerprint density at radius 1 is 1.36 bits per heavy atom. The lowest BCUT2D eigenvalue weighted by Gasteiger charge is -2.32. The molecule has 6 nitrogen and oxygen atoms in total. The summed E-state index contributed by atoms with van der Waals surface area (Å²) < 4.78 is 0. The van der Waals surface area contributed by atoms with Gasteiger partial charge in [0.25, 0.3) is 5.91 Å². The van der Waals surface area contributed by atoms with Gasteiger partial charge in [0.2, 0.25) is 0 Å². The first-order chi connectivity index (χ1) is 12.3. The minimum Gasteiger partial charge on any atom is -0.349 e. The molecule has 0 radical (unpaired) electrons. The molecule has 1 saturated heterocycles. The molecule has 0 atom stereocenters. The van der Waals surface area contributed by atoms with Crippen LogP contribution in [0, 0.1) is 0 Å². The maximum absolute atomic E-state index is 12.7. The van der Waals surface area contributed by atoms with Crippen molar-refractivity contribution >= 4 is 17.7 Å². The minimum absolute atomic E-state index is 0.0303. The van der Waals surface area contributed by atoms with Crippen molar-refractivity contribution in [1.29, 1.82) is 0 Å². The Balaban J connectivity index is 1.57. The van der Waals surface area contributed by atoms with Crippen molar-refractivity contribution in [1.82, 2.24) is 25.4 Å². The summed E-state index contributed by atoms with van der Waals surface area (Å²) in [6, 6.07) is 8.06. The van der Waals surface area contributed by atoms with E-state index < -0.39 is 0 Å². The number of nitrogens with one attached hydrogen (secondary N) is 2. The highest BCUT2D eigenvalue weighted by atomic mass is 32.2. The number of hydrogen-bond donors (Lipinski definition) is 2. The Hall–Kier alpha value is -1.86. The highest BCUT2D eigenvalue weighted by Crippen LogP contribution is 2.21. The average Bonchev–Trinajstić information content (AvgIpc) is 3.16. The highest BCUT2D eigenvalue weighted by Gasteiger charge is 2.21. The molecule has 0 aliphatic carbocycles. The van der Waals surface area contributed by atoms with Gasteiger partial charge in [0.05, 0.1) is 0 Å². The SMILES string of the molecule is CCCN1CCC(NC(=O)c2ccccc2CSc2ncn[nH]2)CC1. The van der Waals surface area contributed by atoms with Crippen LogP contribution in [0.4, 0.5) is 0 Å². The third-order valence-corrected chi connectivity index (χ3v) is 5.41. The monoisotopic (exact) mass is 359 g/mol. The number of rotatable bonds is 7. The zero-order valence-corrected chi connectivity index (χ0v) is 15.4. The van der Waals surface area contributed by atoms with E-state index in [4.69, 9.17) is 0 Å². The fraction of sp³-hybridized carbons (Fsp3) is 0.500. The average molecular weight is 359 g/mol. The summed E-state index contributed by atoms with van der Waals surface area (Å²) in [5, 5.41) is 10.7. The van der Waals surface area contributed by atoms with Crippen LogP contribution in [-0.4, -0.2) is 51.7 Å². The maximum Gasteiger partial charge on any atom is 0.251 e. The van der Waals surface area contributed by atoms with E-state index in [0.29, 0.717) is 5.75 Å². The van der Waals surface area contributed by atoms with Crippen LogP contribution in [-0.2, 0) is 5.75 Å². The van der Waals surface area contributed by atoms with Gasteiger partial charge in [-0.25, -0.2) is 4.98 Å². The number of amides is 1. The van der Waals surface area contributed by atoms with Crippen LogP contribution in [0.1, 0.15) is 42.1 Å². The Kier molecular flexibility index (Phi) is 6.47. The Bertz CT molecular complexity index is 668. The third kappa shape index (κ3) is 5.06. The van der Waals surface area contributed by atoms with Gasteiger partial charge in [-0.05, 0) is 37.4 Å². The van der Waals surface area contributed by atoms with Crippen LogP contribution in [0.2, 0.25) is 0 Å². The number of thioether (sulfide) groups is 1. The first-order valence-electron chi connectivity index (χ1n) is 8.85. The fourth-order valence-corrected chi connectivity index (χ4v) is 3.94. The van der Waals surface area contributed by atoms with E-state index in [1.165, 1.54) is 12.7 Å². The standard InChI is InChI=1S/C18H25N5OS/c1-2-9-23-10-7-15(8-11-23)21-17(24)16-6-4-3-5-14(16)12-25-18-19-13-20-22-18/h3-6,13,15H,2,7-12H2,1H3,(H,21,24)(H,19,20,22). The van der Waals surface area contributed by atoms with Crippen LogP contribution in [0.5, 0.6) is 0 Å². The van der Waals surface area contributed by atoms with Gasteiger partial charge >= 0.3 is 0 Å². The third-order valence-electron chi connectivity index (χ3n) is 4.48. The number of aromatic amines is 1. The van der Waals surface area contributed by atoms with Crippen LogP contribution >= 0.6 is 11.8 Å². The van der Waals surface area contributed by atoms with E-state index in [1.807, 2.05) is 24.3 Å². The molecule has 2 heterocycles. The van der Waals surface area contributed by atoms with Crippen LogP contribution in [0.15, 0.2) is 35.7 Å². The number of aromatic nitrogens is 3. The molecule has 1 aromatic carbocycles. The predicted molar refractivity (Wildman–Crippen MR) is 99.6 cm³/mol. The molecule has 3 rings (SSSR count). The zero-order valence-electron chi connectivity index (χ0n) is 14.6. The molecule has 1 aromatic heterocycles. The highest BCUT2D eigenvalue weighted by molar-refractivity contribution is 7.98. The second kappa shape index (κ2) is 9.01. The van der Waals surface area contributed by atoms with E-state index >= 15 is 0 Å². The Morgan fingerprint density at radius 2 is 2.16 bits per heavy atom. The second-order valence-corrected chi connectivity index (χ2v) is 7.29. The quantitative estimate of drug-likeness (QED) is 0.744. The summed E-state index contributed by atoms with van der Waals surface area (Å²) >= 11 is 1.55. The van der Waals surface area contributed by atoms with Crippen LogP contribution in [0.25, 0.3) is 0 Å².